The summed E-state index contributed by atoms with van der Waals surface area (Å²) in [5.74, 6) is 0.0519. The summed E-state index contributed by atoms with van der Waals surface area (Å²) < 4.78 is 5.06. The van der Waals surface area contributed by atoms with Crippen molar-refractivity contribution in [3.63, 3.8) is 0 Å². The molecule has 0 aromatic heterocycles. The van der Waals surface area contributed by atoms with E-state index in [0.717, 1.165) is 12.8 Å². The van der Waals surface area contributed by atoms with E-state index in [0.29, 0.717) is 19.6 Å². The van der Waals surface area contributed by atoms with Crippen molar-refractivity contribution in [2.75, 3.05) is 20.3 Å². The van der Waals surface area contributed by atoms with Crippen molar-refractivity contribution >= 4 is 5.91 Å². The zero-order valence-corrected chi connectivity index (χ0v) is 11.8. The Hall–Kier alpha value is -1.39. The lowest BCUT2D eigenvalue weighted by Gasteiger charge is -2.17. The lowest BCUT2D eigenvalue weighted by Crippen LogP contribution is -2.39. The highest BCUT2D eigenvalue weighted by molar-refractivity contribution is 5.76. The third-order valence-corrected chi connectivity index (χ3v) is 3.01. The number of nitrogens with one attached hydrogen (secondary N) is 1. The molecule has 0 radical (unpaired) electrons. The maximum Gasteiger partial charge on any atom is 0.220 e. The summed E-state index contributed by atoms with van der Waals surface area (Å²) in [6.07, 6.45) is 1.99. The Balaban J connectivity index is 2.35. The molecule has 0 aliphatic heterocycles. The molecule has 0 saturated heterocycles. The summed E-state index contributed by atoms with van der Waals surface area (Å²) >= 11 is 0. The van der Waals surface area contributed by atoms with Gasteiger partial charge in [-0.15, -0.1) is 0 Å². The van der Waals surface area contributed by atoms with Crippen LogP contribution in [0.4, 0.5) is 0 Å². The van der Waals surface area contributed by atoms with E-state index in [-0.39, 0.29) is 11.9 Å². The van der Waals surface area contributed by atoms with E-state index >= 15 is 0 Å². The Morgan fingerprint density at radius 3 is 2.63 bits per heavy atom. The van der Waals surface area contributed by atoms with Crippen molar-refractivity contribution in [2.24, 2.45) is 5.73 Å². The quantitative estimate of drug-likeness (QED) is 0.746. The van der Waals surface area contributed by atoms with Gasteiger partial charge in [0.15, 0.2) is 0 Å². The fourth-order valence-corrected chi connectivity index (χ4v) is 1.91. The van der Waals surface area contributed by atoms with Crippen LogP contribution in [0.1, 0.15) is 24.0 Å². The van der Waals surface area contributed by atoms with Crippen LogP contribution in [0, 0.1) is 6.92 Å². The molecule has 0 bridgehead atoms. The number of hydrogen-bond donors (Lipinski definition) is 2. The molecule has 1 aromatic rings. The summed E-state index contributed by atoms with van der Waals surface area (Å²) in [6, 6.07) is 8.27. The van der Waals surface area contributed by atoms with Gasteiger partial charge in [0.25, 0.3) is 0 Å². The van der Waals surface area contributed by atoms with E-state index in [2.05, 4.69) is 36.5 Å². The van der Waals surface area contributed by atoms with Gasteiger partial charge in [-0.05, 0) is 31.9 Å². The van der Waals surface area contributed by atoms with Crippen molar-refractivity contribution < 1.29 is 9.53 Å². The molecule has 1 rings (SSSR count). The van der Waals surface area contributed by atoms with Gasteiger partial charge in [-0.1, -0.05) is 29.8 Å². The van der Waals surface area contributed by atoms with E-state index in [9.17, 15) is 4.79 Å². The molecule has 19 heavy (non-hydrogen) atoms. The van der Waals surface area contributed by atoms with Gasteiger partial charge in [0, 0.05) is 13.5 Å². The van der Waals surface area contributed by atoms with E-state index in [1.54, 1.807) is 7.11 Å². The first-order valence-electron chi connectivity index (χ1n) is 6.69. The average molecular weight is 264 g/mol. The molecule has 4 heteroatoms. The molecule has 1 atom stereocenters. The third-order valence-electron chi connectivity index (χ3n) is 3.01. The number of carbonyl (C=O) groups excluding carboxylic acids is 1. The summed E-state index contributed by atoms with van der Waals surface area (Å²) in [7, 11) is 1.63. The number of nitrogens with two attached hydrogens (primary N) is 1. The first-order chi connectivity index (χ1) is 9.15. The van der Waals surface area contributed by atoms with Gasteiger partial charge < -0.3 is 15.8 Å². The van der Waals surface area contributed by atoms with Crippen molar-refractivity contribution in [3.05, 3.63) is 35.4 Å². The van der Waals surface area contributed by atoms with Crippen LogP contribution < -0.4 is 11.1 Å². The number of carbonyl (C=O) groups is 1. The number of hydrogen-bond acceptors (Lipinski definition) is 3. The van der Waals surface area contributed by atoms with Crippen LogP contribution in [-0.4, -0.2) is 32.2 Å². The fourth-order valence-electron chi connectivity index (χ4n) is 1.91. The Kier molecular flexibility index (Phi) is 7.15. The van der Waals surface area contributed by atoms with E-state index < -0.39 is 0 Å². The van der Waals surface area contributed by atoms with Crippen molar-refractivity contribution in [1.82, 2.24) is 5.32 Å². The second kappa shape index (κ2) is 8.67. The van der Waals surface area contributed by atoms with Crippen LogP contribution in [0.3, 0.4) is 0 Å². The number of aryl methyl sites for hydroxylation is 2. The monoisotopic (exact) mass is 264 g/mol. The van der Waals surface area contributed by atoms with Crippen molar-refractivity contribution in [2.45, 2.75) is 32.2 Å². The molecule has 0 aliphatic carbocycles. The van der Waals surface area contributed by atoms with Crippen molar-refractivity contribution in [3.8, 4) is 0 Å². The maximum atomic E-state index is 11.8. The van der Waals surface area contributed by atoms with Gasteiger partial charge in [0.2, 0.25) is 5.91 Å². The zero-order chi connectivity index (χ0) is 14.1. The predicted octanol–water partition coefficient (Wildman–Crippen LogP) is 1.41. The Bertz CT molecular complexity index is 370. The topological polar surface area (TPSA) is 64.3 Å². The molecular formula is C15H24N2O2. The molecule has 4 nitrogen and oxygen atoms in total. The van der Waals surface area contributed by atoms with Gasteiger partial charge >= 0.3 is 0 Å². The molecule has 0 fully saturated rings. The minimum absolute atomic E-state index is 0.0144. The van der Waals surface area contributed by atoms with Crippen LogP contribution in [0.15, 0.2) is 24.3 Å². The molecule has 0 spiro atoms. The molecule has 0 saturated carbocycles. The fraction of sp³-hybridized carbons (Fsp3) is 0.533. The molecule has 106 valence electrons. The van der Waals surface area contributed by atoms with Gasteiger partial charge in [0.05, 0.1) is 12.6 Å². The highest BCUT2D eigenvalue weighted by Crippen LogP contribution is 2.06. The smallest absolute Gasteiger partial charge is 0.220 e. The molecule has 0 aliphatic rings. The van der Waals surface area contributed by atoms with Crippen molar-refractivity contribution in [1.29, 1.82) is 0 Å². The van der Waals surface area contributed by atoms with Crippen LogP contribution in [0.5, 0.6) is 0 Å². The molecule has 3 N–H and O–H groups in total. The molecule has 1 amide bonds. The second-order valence-electron chi connectivity index (χ2n) is 4.78. The highest BCUT2D eigenvalue weighted by atomic mass is 16.5. The Morgan fingerprint density at radius 1 is 1.37 bits per heavy atom. The summed E-state index contributed by atoms with van der Waals surface area (Å²) in [5.41, 5.74) is 7.92. The molecular weight excluding hydrogens is 240 g/mol. The molecule has 0 heterocycles. The summed E-state index contributed by atoms with van der Waals surface area (Å²) in [6.45, 7) is 3.11. The molecule has 1 unspecified atom stereocenters. The van der Waals surface area contributed by atoms with Crippen LogP contribution >= 0.6 is 0 Å². The van der Waals surface area contributed by atoms with Gasteiger partial charge in [0.1, 0.15) is 0 Å². The van der Waals surface area contributed by atoms with E-state index in [4.69, 9.17) is 10.5 Å². The number of methoxy groups -OCH3 is 1. The van der Waals surface area contributed by atoms with Gasteiger partial charge in [-0.2, -0.15) is 0 Å². The number of rotatable bonds is 8. The van der Waals surface area contributed by atoms with Crippen LogP contribution in [0.25, 0.3) is 0 Å². The lowest BCUT2D eigenvalue weighted by molar-refractivity contribution is -0.122. The van der Waals surface area contributed by atoms with Gasteiger partial charge in [-0.25, -0.2) is 0 Å². The van der Waals surface area contributed by atoms with E-state index in [1.807, 2.05) is 0 Å². The first kappa shape index (κ1) is 15.7. The lowest BCUT2D eigenvalue weighted by atomic mass is 10.1. The second-order valence-corrected chi connectivity index (χ2v) is 4.78. The maximum absolute atomic E-state index is 11.8. The number of benzene rings is 1. The highest BCUT2D eigenvalue weighted by Gasteiger charge is 2.11. The average Bonchev–Trinajstić information content (AvgIpc) is 2.39. The van der Waals surface area contributed by atoms with E-state index in [1.165, 1.54) is 11.1 Å². The van der Waals surface area contributed by atoms with Crippen LogP contribution in [0.2, 0.25) is 0 Å². The number of amides is 1. The zero-order valence-electron chi connectivity index (χ0n) is 11.8. The minimum Gasteiger partial charge on any atom is -0.383 e. The standard InChI is InChI=1S/C15H24N2O2/c1-12-3-5-13(6-4-12)7-8-15(18)17-14(9-10-16)11-19-2/h3-6,14H,7-11,16H2,1-2H3,(H,17,18). The number of ether oxygens (including phenoxy) is 1. The third kappa shape index (κ3) is 6.36. The van der Waals surface area contributed by atoms with Gasteiger partial charge in [-0.3, -0.25) is 4.79 Å². The summed E-state index contributed by atoms with van der Waals surface area (Å²) in [4.78, 5) is 11.8. The molecule has 1 aromatic carbocycles. The first-order valence-corrected chi connectivity index (χ1v) is 6.69. The van der Waals surface area contributed by atoms with Crippen LogP contribution in [-0.2, 0) is 16.0 Å². The Labute approximate surface area is 115 Å². The SMILES string of the molecule is COCC(CCN)NC(=O)CCc1ccc(C)cc1. The normalized spacial score (nSPS) is 12.2. The summed E-state index contributed by atoms with van der Waals surface area (Å²) in [5, 5.41) is 2.96. The largest absolute Gasteiger partial charge is 0.383 e. The Morgan fingerprint density at radius 2 is 2.05 bits per heavy atom. The predicted molar refractivity (Wildman–Crippen MR) is 77.0 cm³/mol. The minimum atomic E-state index is 0.0144.